The van der Waals surface area contributed by atoms with Crippen molar-refractivity contribution in [2.24, 2.45) is 0 Å². The summed E-state index contributed by atoms with van der Waals surface area (Å²) in [4.78, 5) is 0. The fraction of sp³-hybridized carbons (Fsp3) is 0.296. The molecule has 0 atom stereocenters. The molecular formula is C27H40Cl2OSi3Zr-4. The van der Waals surface area contributed by atoms with Gasteiger partial charge in [-0.1, -0.05) is 49.5 Å². The summed E-state index contributed by atoms with van der Waals surface area (Å²) in [6.45, 7) is 15.6. The Morgan fingerprint density at radius 3 is 1.76 bits per heavy atom. The Kier molecular flexibility index (Phi) is 20.5. The average Bonchev–Trinajstić information content (AvgIpc) is 3.37. The van der Waals surface area contributed by atoms with E-state index >= 15 is 0 Å². The van der Waals surface area contributed by atoms with Crippen molar-refractivity contribution in [3.63, 3.8) is 0 Å². The van der Waals surface area contributed by atoms with E-state index in [2.05, 4.69) is 112 Å². The van der Waals surface area contributed by atoms with Crippen LogP contribution in [0.2, 0.25) is 38.8 Å². The maximum Gasteiger partial charge on any atom is -0.0771 e. The molecule has 0 spiro atoms. The molecule has 0 N–H and O–H groups in total. The van der Waals surface area contributed by atoms with Crippen molar-refractivity contribution in [2.75, 3.05) is 6.61 Å². The molecule has 34 heavy (non-hydrogen) atoms. The van der Waals surface area contributed by atoms with Crippen LogP contribution < -0.4 is 0 Å². The molecule has 0 fully saturated rings. The van der Waals surface area contributed by atoms with Gasteiger partial charge in [-0.05, 0) is 33.8 Å². The molecule has 0 aliphatic heterocycles. The van der Waals surface area contributed by atoms with E-state index in [4.69, 9.17) is 4.43 Å². The van der Waals surface area contributed by atoms with Crippen molar-refractivity contribution in [3.8, 4) is 0 Å². The van der Waals surface area contributed by atoms with Gasteiger partial charge in [0.15, 0.2) is 8.32 Å². The minimum absolute atomic E-state index is 0. The van der Waals surface area contributed by atoms with Gasteiger partial charge in [-0.25, -0.2) is 11.3 Å². The summed E-state index contributed by atoms with van der Waals surface area (Å²) in [5, 5.41) is 6.95. The Labute approximate surface area is 240 Å². The van der Waals surface area contributed by atoms with E-state index in [-0.39, 0.29) is 39.7 Å². The summed E-state index contributed by atoms with van der Waals surface area (Å²) >= 11 is 1.36. The van der Waals surface area contributed by atoms with E-state index in [0.29, 0.717) is 0 Å². The zero-order chi connectivity index (χ0) is 22.2. The molecule has 0 unspecified atom stereocenters. The van der Waals surface area contributed by atoms with Crippen LogP contribution in [0.5, 0.6) is 0 Å². The number of hydrogen-bond donors (Lipinski definition) is 0. The summed E-state index contributed by atoms with van der Waals surface area (Å²) in [5.74, 6) is 0. The first-order valence-corrected chi connectivity index (χ1v) is 21.3. The molecule has 0 bridgehead atoms. The number of benzene rings is 2. The van der Waals surface area contributed by atoms with Gasteiger partial charge in [0, 0.05) is 6.61 Å². The number of rotatable bonds is 5. The van der Waals surface area contributed by atoms with Crippen molar-refractivity contribution in [3.05, 3.63) is 92.9 Å². The first kappa shape index (κ1) is 38.4. The predicted molar refractivity (Wildman–Crippen MR) is 162 cm³/mol. The number of fused-ring (bicyclic) bond motifs is 3. The fourth-order valence-electron chi connectivity index (χ4n) is 3.53. The topological polar surface area (TPSA) is 9.23 Å². The van der Waals surface area contributed by atoms with Crippen molar-refractivity contribution in [1.82, 2.24) is 0 Å². The largest absolute Gasteiger partial charge is 0.126 e. The van der Waals surface area contributed by atoms with E-state index < -0.39 is 16.4 Å². The molecule has 0 amide bonds. The zero-order valence-corrected chi connectivity index (χ0v) is 28.8. The van der Waals surface area contributed by atoms with Crippen LogP contribution in [0.4, 0.5) is 0 Å². The molecule has 7 heteroatoms. The normalized spacial score (nSPS) is 11.8. The third kappa shape index (κ3) is 11.7. The minimum atomic E-state index is -1.32. The van der Waals surface area contributed by atoms with Gasteiger partial charge < -0.3 is 19.3 Å². The molecule has 0 aromatic heterocycles. The first-order chi connectivity index (χ1) is 14.3. The Bertz CT molecular complexity index is 973. The van der Waals surface area contributed by atoms with E-state index in [9.17, 15) is 0 Å². The molecule has 1 aliphatic carbocycles. The van der Waals surface area contributed by atoms with E-state index in [1.165, 1.54) is 50.9 Å². The second-order valence-corrected chi connectivity index (χ2v) is 18.5. The quantitative estimate of drug-likeness (QED) is 0.203. The van der Waals surface area contributed by atoms with Crippen LogP contribution in [0.15, 0.2) is 71.9 Å². The third-order valence-corrected chi connectivity index (χ3v) is 9.70. The molecule has 3 aromatic carbocycles. The monoisotopic (exact) mass is 624 g/mol. The number of hydrogen-bond acceptors (Lipinski definition) is 1. The van der Waals surface area contributed by atoms with Crippen molar-refractivity contribution < 1.29 is 27.8 Å². The SMILES string of the molecule is C[Si](C)(C)OCC[Si](C)(C)C1=CC[C-]=C1.Cl.Cl.[CH3-].[CH3-].[Si]=[Zr].c1ccc2c(c1)[cH-]c1ccccc12. The minimum Gasteiger partial charge on any atom is -0.126 e. The summed E-state index contributed by atoms with van der Waals surface area (Å²) in [6.07, 6.45) is 8.81. The van der Waals surface area contributed by atoms with Crippen LogP contribution in [0.25, 0.3) is 21.5 Å². The molecule has 4 rings (SSSR count). The van der Waals surface area contributed by atoms with Crippen molar-refractivity contribution >= 4 is 69.6 Å². The fourth-order valence-corrected chi connectivity index (χ4v) is 6.50. The van der Waals surface area contributed by atoms with Gasteiger partial charge in [-0.3, -0.25) is 6.08 Å². The van der Waals surface area contributed by atoms with Gasteiger partial charge >= 0.3 is 30.2 Å². The van der Waals surface area contributed by atoms with Gasteiger partial charge in [0.25, 0.3) is 0 Å². The Balaban J connectivity index is -0.000000476. The maximum atomic E-state index is 5.94. The van der Waals surface area contributed by atoms with E-state index in [1.54, 1.807) is 5.20 Å². The average molecular weight is 627 g/mol. The van der Waals surface area contributed by atoms with Crippen molar-refractivity contribution in [2.45, 2.75) is 45.2 Å². The molecule has 0 saturated carbocycles. The van der Waals surface area contributed by atoms with Crippen LogP contribution in [-0.2, 0) is 27.8 Å². The summed E-state index contributed by atoms with van der Waals surface area (Å²) in [5.41, 5.74) is 0. The van der Waals surface area contributed by atoms with Gasteiger partial charge in [-0.15, -0.1) is 71.0 Å². The molecule has 1 nitrogen and oxygen atoms in total. The second-order valence-electron chi connectivity index (χ2n) is 9.13. The van der Waals surface area contributed by atoms with Gasteiger partial charge in [0.2, 0.25) is 0 Å². The second kappa shape index (κ2) is 18.2. The Hall–Kier alpha value is -0.136. The van der Waals surface area contributed by atoms with Crippen LogP contribution >= 0.6 is 24.8 Å². The molecule has 1 aliphatic rings. The summed E-state index contributed by atoms with van der Waals surface area (Å²) in [6, 6.07) is 20.5. The van der Waals surface area contributed by atoms with Gasteiger partial charge in [-0.2, -0.15) is 6.08 Å². The standard InChI is InChI=1S/C13H9.C12H23OSi2.2CH3.2ClH.Si.Zr/c1-3-7-12-10(5-1)9-11-6-2-4-8-13(11)12;1-14(2,3)13-10-11-15(4,5)12-8-6-7-9-12;;;;;;/h1-9H;8-9H,6,10-11H2,1-5H3;2*1H3;2*1H;;/q4*-1;;;;. The van der Waals surface area contributed by atoms with Crippen LogP contribution in [0.3, 0.4) is 0 Å². The van der Waals surface area contributed by atoms with Crippen LogP contribution in [0, 0.1) is 20.9 Å². The summed E-state index contributed by atoms with van der Waals surface area (Å²) < 4.78 is 5.94. The Morgan fingerprint density at radius 2 is 1.35 bits per heavy atom. The van der Waals surface area contributed by atoms with E-state index in [0.717, 1.165) is 13.0 Å². The summed E-state index contributed by atoms with van der Waals surface area (Å²) in [7, 11) is -2.55. The van der Waals surface area contributed by atoms with Crippen LogP contribution in [0.1, 0.15) is 6.42 Å². The smallest absolute Gasteiger partial charge is 0.0771 e. The molecule has 188 valence electrons. The Morgan fingerprint density at radius 1 is 0.882 bits per heavy atom. The van der Waals surface area contributed by atoms with Crippen LogP contribution in [-0.4, -0.2) is 29.9 Å². The maximum absolute atomic E-state index is 5.94. The predicted octanol–water partition coefficient (Wildman–Crippen LogP) is 8.85. The third-order valence-electron chi connectivity index (χ3n) is 5.26. The molecular weight excluding hydrogens is 587 g/mol. The molecule has 0 heterocycles. The number of allylic oxidation sites excluding steroid dienone is 4. The zero-order valence-electron chi connectivity index (χ0n) is 21.7. The first-order valence-electron chi connectivity index (χ1n) is 10.5. The molecule has 3 aromatic rings. The van der Waals surface area contributed by atoms with E-state index in [1.807, 2.05) is 0 Å². The molecule has 2 radical (unpaired) electrons. The van der Waals surface area contributed by atoms with Gasteiger partial charge in [0.1, 0.15) is 0 Å². The molecule has 0 saturated heterocycles. The van der Waals surface area contributed by atoms with Crippen molar-refractivity contribution in [1.29, 1.82) is 0 Å². The van der Waals surface area contributed by atoms with Gasteiger partial charge in [0.05, 0.1) is 0 Å². The number of halogens is 2.